The van der Waals surface area contributed by atoms with Crippen molar-refractivity contribution in [3.8, 4) is 0 Å². The van der Waals surface area contributed by atoms with E-state index in [2.05, 4.69) is 10.1 Å². The Bertz CT molecular complexity index is 314. The molecule has 0 aliphatic carbocycles. The molecule has 1 fully saturated rings. The average molecular weight is 272 g/mol. The molecule has 1 amide bonds. The van der Waals surface area contributed by atoms with Crippen molar-refractivity contribution in [2.45, 2.75) is 26.3 Å². The molecule has 19 heavy (non-hydrogen) atoms. The smallest absolute Gasteiger partial charge is 0.248 e. The highest BCUT2D eigenvalue weighted by atomic mass is 16.5. The monoisotopic (exact) mass is 272 g/mol. The van der Waals surface area contributed by atoms with Gasteiger partial charge in [-0.15, -0.1) is 0 Å². The number of piperazine rings is 1. The molecule has 1 rings (SSSR count). The van der Waals surface area contributed by atoms with Crippen LogP contribution in [0.3, 0.4) is 0 Å². The second kappa shape index (κ2) is 7.96. The van der Waals surface area contributed by atoms with Gasteiger partial charge in [-0.25, -0.2) is 0 Å². The van der Waals surface area contributed by atoms with Gasteiger partial charge in [0.2, 0.25) is 5.91 Å². The number of hydrogen-bond acceptors (Lipinski definition) is 5. The zero-order valence-electron chi connectivity index (χ0n) is 11.7. The van der Waals surface area contributed by atoms with Crippen LogP contribution in [0, 0.1) is 0 Å². The van der Waals surface area contributed by atoms with Crippen molar-refractivity contribution in [3.63, 3.8) is 0 Å². The van der Waals surface area contributed by atoms with Crippen LogP contribution in [0.5, 0.6) is 0 Å². The molecule has 1 unspecified atom stereocenters. The number of carbonyl (C=O) groups is 1. The predicted octanol–water partition coefficient (Wildman–Crippen LogP) is -0.308. The molecule has 110 valence electrons. The van der Waals surface area contributed by atoms with Gasteiger partial charge in [0.15, 0.2) is 5.84 Å². The third-order valence-corrected chi connectivity index (χ3v) is 3.33. The summed E-state index contributed by atoms with van der Waals surface area (Å²) in [6, 6.07) is -0.112. The fourth-order valence-corrected chi connectivity index (χ4v) is 2.02. The van der Waals surface area contributed by atoms with Crippen molar-refractivity contribution in [2.75, 3.05) is 39.4 Å². The minimum atomic E-state index is -0.112. The van der Waals surface area contributed by atoms with Gasteiger partial charge < -0.3 is 20.6 Å². The molecule has 7 heteroatoms. The highest BCUT2D eigenvalue weighted by Crippen LogP contribution is 2.07. The first-order chi connectivity index (χ1) is 9.10. The predicted molar refractivity (Wildman–Crippen MR) is 72.1 cm³/mol. The summed E-state index contributed by atoms with van der Waals surface area (Å²) < 4.78 is 5.25. The summed E-state index contributed by atoms with van der Waals surface area (Å²) in [6.45, 7) is 7.41. The average Bonchev–Trinajstić information content (AvgIpc) is 2.46. The molecule has 1 aliphatic rings. The lowest BCUT2D eigenvalue weighted by molar-refractivity contribution is -0.138. The Balaban J connectivity index is 2.34. The number of nitrogens with two attached hydrogens (primary N) is 1. The first-order valence-corrected chi connectivity index (χ1v) is 6.67. The van der Waals surface area contributed by atoms with Gasteiger partial charge in [0.05, 0.1) is 6.04 Å². The minimum absolute atomic E-state index is 0.0320. The molecule has 0 aromatic carbocycles. The lowest BCUT2D eigenvalue weighted by Crippen LogP contribution is -2.54. The van der Waals surface area contributed by atoms with Gasteiger partial charge in [0.1, 0.15) is 6.61 Å². The second-order valence-corrected chi connectivity index (χ2v) is 4.67. The Morgan fingerprint density at radius 2 is 2.05 bits per heavy atom. The number of ether oxygens (including phenoxy) is 1. The molecule has 0 aromatic rings. The molecular formula is C12H24N4O3. The topological polar surface area (TPSA) is 91.4 Å². The number of hydrogen-bond donors (Lipinski definition) is 2. The van der Waals surface area contributed by atoms with E-state index in [-0.39, 0.29) is 24.4 Å². The van der Waals surface area contributed by atoms with Gasteiger partial charge in [-0.2, -0.15) is 0 Å². The zero-order valence-corrected chi connectivity index (χ0v) is 11.7. The molecule has 1 aliphatic heterocycles. The van der Waals surface area contributed by atoms with E-state index in [1.165, 1.54) is 0 Å². The third kappa shape index (κ3) is 4.68. The highest BCUT2D eigenvalue weighted by Gasteiger charge is 2.25. The number of rotatable bonds is 6. The van der Waals surface area contributed by atoms with Crippen molar-refractivity contribution in [1.82, 2.24) is 9.80 Å². The molecule has 1 heterocycles. The summed E-state index contributed by atoms with van der Waals surface area (Å²) in [6.07, 6.45) is 0.915. The standard InChI is InChI=1S/C12H24N4O3/c1-3-8-19-9-11(17)16-6-4-15(5-7-16)10(2)12(13)14-18/h10,18H,3-9H2,1-2H3,(H2,13,14). The summed E-state index contributed by atoms with van der Waals surface area (Å²) in [5, 5.41) is 11.7. The maximum atomic E-state index is 11.8. The van der Waals surface area contributed by atoms with E-state index < -0.39 is 0 Å². The molecular weight excluding hydrogens is 248 g/mol. The molecule has 3 N–H and O–H groups in total. The van der Waals surface area contributed by atoms with E-state index in [1.807, 2.05) is 13.8 Å². The highest BCUT2D eigenvalue weighted by molar-refractivity contribution is 5.84. The lowest BCUT2D eigenvalue weighted by atomic mass is 10.2. The second-order valence-electron chi connectivity index (χ2n) is 4.67. The molecule has 7 nitrogen and oxygen atoms in total. The molecule has 0 spiro atoms. The van der Waals surface area contributed by atoms with E-state index >= 15 is 0 Å². The van der Waals surface area contributed by atoms with Crippen molar-refractivity contribution in [1.29, 1.82) is 0 Å². The number of nitrogens with zero attached hydrogens (tertiary/aromatic N) is 3. The normalized spacial score (nSPS) is 19.5. The van der Waals surface area contributed by atoms with E-state index in [1.54, 1.807) is 4.90 Å². The number of amides is 1. The molecule has 0 aromatic heterocycles. The molecule has 1 saturated heterocycles. The SMILES string of the molecule is CCCOCC(=O)N1CCN(C(C)C(N)=NO)CC1. The van der Waals surface area contributed by atoms with Gasteiger partial charge in [-0.1, -0.05) is 12.1 Å². The van der Waals surface area contributed by atoms with Crippen LogP contribution >= 0.6 is 0 Å². The Hall–Kier alpha value is -1.34. The number of carbonyl (C=O) groups excluding carboxylic acids is 1. The maximum absolute atomic E-state index is 11.8. The number of oxime groups is 1. The number of amidine groups is 1. The van der Waals surface area contributed by atoms with Crippen LogP contribution in [0.15, 0.2) is 5.16 Å². The van der Waals surface area contributed by atoms with Crippen LogP contribution in [-0.4, -0.2) is 72.2 Å². The van der Waals surface area contributed by atoms with Crippen molar-refractivity contribution < 1.29 is 14.7 Å². The zero-order chi connectivity index (χ0) is 14.3. The summed E-state index contributed by atoms with van der Waals surface area (Å²) >= 11 is 0. The van der Waals surface area contributed by atoms with E-state index in [4.69, 9.17) is 15.7 Å². The van der Waals surface area contributed by atoms with Gasteiger partial charge in [0.25, 0.3) is 0 Å². The van der Waals surface area contributed by atoms with E-state index in [0.717, 1.165) is 19.5 Å². The first-order valence-electron chi connectivity index (χ1n) is 6.67. The van der Waals surface area contributed by atoms with Crippen molar-refractivity contribution in [3.05, 3.63) is 0 Å². The first kappa shape index (κ1) is 15.7. The summed E-state index contributed by atoms with van der Waals surface area (Å²) in [5.41, 5.74) is 5.58. The Morgan fingerprint density at radius 1 is 1.42 bits per heavy atom. The largest absolute Gasteiger partial charge is 0.409 e. The third-order valence-electron chi connectivity index (χ3n) is 3.33. The van der Waals surface area contributed by atoms with Crippen LogP contribution in [0.4, 0.5) is 0 Å². The van der Waals surface area contributed by atoms with Crippen LogP contribution < -0.4 is 5.73 Å². The van der Waals surface area contributed by atoms with Crippen LogP contribution in [0.1, 0.15) is 20.3 Å². The maximum Gasteiger partial charge on any atom is 0.248 e. The van der Waals surface area contributed by atoms with Gasteiger partial charge in [-0.3, -0.25) is 9.69 Å². The Kier molecular flexibility index (Phi) is 6.58. The van der Waals surface area contributed by atoms with E-state index in [9.17, 15) is 4.79 Å². The van der Waals surface area contributed by atoms with Gasteiger partial charge in [0, 0.05) is 32.8 Å². The fourth-order valence-electron chi connectivity index (χ4n) is 2.02. The van der Waals surface area contributed by atoms with Gasteiger partial charge >= 0.3 is 0 Å². The molecule has 1 atom stereocenters. The molecule has 0 saturated carbocycles. The summed E-state index contributed by atoms with van der Waals surface area (Å²) in [5.74, 6) is 0.232. The van der Waals surface area contributed by atoms with E-state index in [0.29, 0.717) is 19.7 Å². The van der Waals surface area contributed by atoms with Gasteiger partial charge in [-0.05, 0) is 13.3 Å². The summed E-state index contributed by atoms with van der Waals surface area (Å²) in [4.78, 5) is 15.7. The Morgan fingerprint density at radius 3 is 2.58 bits per heavy atom. The fraction of sp³-hybridized carbons (Fsp3) is 0.833. The lowest BCUT2D eigenvalue weighted by Gasteiger charge is -2.37. The Labute approximate surface area is 114 Å². The van der Waals surface area contributed by atoms with Crippen LogP contribution in [0.2, 0.25) is 0 Å². The van der Waals surface area contributed by atoms with Crippen LogP contribution in [-0.2, 0) is 9.53 Å². The minimum Gasteiger partial charge on any atom is -0.409 e. The van der Waals surface area contributed by atoms with Crippen molar-refractivity contribution >= 4 is 11.7 Å². The van der Waals surface area contributed by atoms with Crippen LogP contribution in [0.25, 0.3) is 0 Å². The molecule has 0 radical (unpaired) electrons. The quantitative estimate of drug-likeness (QED) is 0.227. The van der Waals surface area contributed by atoms with Crippen molar-refractivity contribution in [2.24, 2.45) is 10.9 Å². The molecule has 0 bridgehead atoms. The summed E-state index contributed by atoms with van der Waals surface area (Å²) in [7, 11) is 0.